The van der Waals surface area contributed by atoms with E-state index in [9.17, 15) is 0 Å². The number of alkyl halides is 1. The van der Waals surface area contributed by atoms with Crippen molar-refractivity contribution in [3.63, 3.8) is 0 Å². The van der Waals surface area contributed by atoms with Crippen LogP contribution in [0.1, 0.15) is 31.2 Å². The average Bonchev–Trinajstić information content (AvgIpc) is 2.80. The number of unbranched alkanes of at least 4 members (excludes halogenated alkanes) is 1. The zero-order valence-corrected chi connectivity index (χ0v) is 12.6. The molecule has 18 heavy (non-hydrogen) atoms. The lowest BCUT2D eigenvalue weighted by atomic mass is 10.0. The first-order chi connectivity index (χ1) is 8.85. The van der Waals surface area contributed by atoms with Gasteiger partial charge in [0.25, 0.3) is 0 Å². The number of hydrogen-bond donors (Lipinski definition) is 0. The van der Waals surface area contributed by atoms with Gasteiger partial charge in [-0.15, -0.1) is 23.4 Å². The van der Waals surface area contributed by atoms with Crippen LogP contribution in [0, 0.1) is 0 Å². The Morgan fingerprint density at radius 1 is 1.33 bits per heavy atom. The molecule has 0 N–H and O–H groups in total. The number of rotatable bonds is 7. The third-order valence-corrected chi connectivity index (χ3v) is 4.93. The smallest absolute Gasteiger partial charge is 0.0351 e. The minimum Gasteiger partial charge on any atom is -0.302 e. The van der Waals surface area contributed by atoms with Crippen LogP contribution in [0.25, 0.3) is 0 Å². The number of fused-ring (bicyclic) bond motifs is 1. The molecule has 0 fully saturated rings. The highest BCUT2D eigenvalue weighted by Gasteiger charge is 2.24. The summed E-state index contributed by atoms with van der Waals surface area (Å²) in [6.07, 6.45) is 2.53. The van der Waals surface area contributed by atoms with E-state index in [2.05, 4.69) is 36.1 Å². The molecule has 0 aliphatic carbocycles. The Balaban J connectivity index is 1.95. The molecule has 1 aliphatic rings. The molecule has 1 nitrogen and oxygen atoms in total. The van der Waals surface area contributed by atoms with Gasteiger partial charge < -0.3 is 4.90 Å². The molecule has 0 bridgehead atoms. The number of halogens is 1. The molecule has 0 saturated heterocycles. The van der Waals surface area contributed by atoms with Crippen molar-refractivity contribution in [1.29, 1.82) is 0 Å². The molecule has 0 radical (unpaired) electrons. The van der Waals surface area contributed by atoms with E-state index in [1.54, 1.807) is 5.56 Å². The van der Waals surface area contributed by atoms with Crippen molar-refractivity contribution in [3.05, 3.63) is 29.8 Å². The summed E-state index contributed by atoms with van der Waals surface area (Å²) < 4.78 is 0. The number of thioether (sulfide) groups is 1. The van der Waals surface area contributed by atoms with E-state index in [4.69, 9.17) is 11.6 Å². The highest BCUT2D eigenvalue weighted by Crippen LogP contribution is 2.39. The molecular formula is C15H22ClNS. The molecule has 1 aliphatic heterocycles. The Kier molecular flexibility index (Phi) is 5.87. The van der Waals surface area contributed by atoms with Gasteiger partial charge in [0.05, 0.1) is 0 Å². The summed E-state index contributed by atoms with van der Waals surface area (Å²) in [6, 6.07) is 8.84. The van der Waals surface area contributed by atoms with Gasteiger partial charge in [-0.2, -0.15) is 0 Å². The molecule has 1 unspecified atom stereocenters. The van der Waals surface area contributed by atoms with Crippen LogP contribution < -0.4 is 0 Å². The van der Waals surface area contributed by atoms with Crippen LogP contribution in [0.2, 0.25) is 0 Å². The number of benzene rings is 1. The van der Waals surface area contributed by atoms with E-state index in [1.807, 2.05) is 11.8 Å². The van der Waals surface area contributed by atoms with Gasteiger partial charge in [-0.05, 0) is 24.6 Å². The fraction of sp³-hybridized carbons (Fsp3) is 0.600. The topological polar surface area (TPSA) is 3.24 Å². The molecule has 1 heterocycles. The van der Waals surface area contributed by atoms with Crippen molar-refractivity contribution in [1.82, 2.24) is 4.90 Å². The van der Waals surface area contributed by atoms with Crippen molar-refractivity contribution < 1.29 is 0 Å². The van der Waals surface area contributed by atoms with Gasteiger partial charge in [-0.1, -0.05) is 31.5 Å². The maximum Gasteiger partial charge on any atom is 0.0351 e. The normalized spacial score (nSPS) is 18.3. The van der Waals surface area contributed by atoms with E-state index >= 15 is 0 Å². The molecule has 0 amide bonds. The summed E-state index contributed by atoms with van der Waals surface area (Å²) in [4.78, 5) is 4.01. The van der Waals surface area contributed by atoms with Crippen molar-refractivity contribution >= 4 is 23.4 Å². The SMILES string of the molecule is CCCCN(CCCl)CC1CSc2ccccc21. The Labute approximate surface area is 120 Å². The summed E-state index contributed by atoms with van der Waals surface area (Å²) in [6.45, 7) is 5.62. The third kappa shape index (κ3) is 3.66. The minimum atomic E-state index is 0.686. The summed E-state index contributed by atoms with van der Waals surface area (Å²) >= 11 is 7.91. The van der Waals surface area contributed by atoms with Crippen molar-refractivity contribution in [2.75, 3.05) is 31.3 Å². The molecular weight excluding hydrogens is 262 g/mol. The second kappa shape index (κ2) is 7.42. The zero-order valence-electron chi connectivity index (χ0n) is 11.1. The molecule has 2 rings (SSSR count). The molecule has 1 atom stereocenters. The van der Waals surface area contributed by atoms with Crippen molar-refractivity contribution in [3.8, 4) is 0 Å². The molecule has 100 valence electrons. The maximum atomic E-state index is 5.91. The van der Waals surface area contributed by atoms with Crippen LogP contribution in [0.5, 0.6) is 0 Å². The Hall–Kier alpha value is -0.180. The predicted molar refractivity (Wildman–Crippen MR) is 82.0 cm³/mol. The number of nitrogens with zero attached hydrogens (tertiary/aromatic N) is 1. The largest absolute Gasteiger partial charge is 0.302 e. The number of hydrogen-bond acceptors (Lipinski definition) is 2. The zero-order chi connectivity index (χ0) is 12.8. The van der Waals surface area contributed by atoms with Crippen LogP contribution in [0.3, 0.4) is 0 Å². The molecule has 0 aromatic heterocycles. The summed E-state index contributed by atoms with van der Waals surface area (Å²) in [5, 5.41) is 0. The molecule has 3 heteroatoms. The summed E-state index contributed by atoms with van der Waals surface area (Å²) in [5.41, 5.74) is 1.54. The average molecular weight is 284 g/mol. The maximum absolute atomic E-state index is 5.91. The molecule has 1 aromatic carbocycles. The van der Waals surface area contributed by atoms with Crippen LogP contribution in [-0.2, 0) is 0 Å². The van der Waals surface area contributed by atoms with E-state index in [-0.39, 0.29) is 0 Å². The highest BCUT2D eigenvalue weighted by molar-refractivity contribution is 7.99. The van der Waals surface area contributed by atoms with Crippen molar-refractivity contribution in [2.45, 2.75) is 30.6 Å². The van der Waals surface area contributed by atoms with Crippen LogP contribution >= 0.6 is 23.4 Å². The highest BCUT2D eigenvalue weighted by atomic mass is 35.5. The van der Waals surface area contributed by atoms with Crippen LogP contribution in [0.4, 0.5) is 0 Å². The van der Waals surface area contributed by atoms with Crippen LogP contribution in [0.15, 0.2) is 29.2 Å². The fourth-order valence-electron chi connectivity index (χ4n) is 2.49. The van der Waals surface area contributed by atoms with E-state index in [0.29, 0.717) is 5.92 Å². The first-order valence-electron chi connectivity index (χ1n) is 6.85. The van der Waals surface area contributed by atoms with Gasteiger partial charge in [-0.25, -0.2) is 0 Å². The van der Waals surface area contributed by atoms with Gasteiger partial charge in [-0.3, -0.25) is 0 Å². The van der Waals surface area contributed by atoms with Gasteiger partial charge >= 0.3 is 0 Å². The lowest BCUT2D eigenvalue weighted by molar-refractivity contribution is 0.273. The first-order valence-corrected chi connectivity index (χ1v) is 8.37. The van der Waals surface area contributed by atoms with E-state index < -0.39 is 0 Å². The van der Waals surface area contributed by atoms with E-state index in [0.717, 1.165) is 19.0 Å². The molecule has 0 saturated carbocycles. The molecule has 1 aromatic rings. The lowest BCUT2D eigenvalue weighted by Crippen LogP contribution is -2.31. The van der Waals surface area contributed by atoms with Gasteiger partial charge in [0.2, 0.25) is 0 Å². The molecule has 0 spiro atoms. The van der Waals surface area contributed by atoms with Gasteiger partial charge in [0.15, 0.2) is 0 Å². The monoisotopic (exact) mass is 283 g/mol. The standard InChI is InChI=1S/C15H22ClNS/c1-2-3-9-17(10-8-16)11-13-12-18-15-7-5-4-6-14(13)15/h4-7,13H,2-3,8-12H2,1H3. The quantitative estimate of drug-likeness (QED) is 0.690. The van der Waals surface area contributed by atoms with E-state index in [1.165, 1.54) is 30.0 Å². The second-order valence-electron chi connectivity index (χ2n) is 4.89. The summed E-state index contributed by atoms with van der Waals surface area (Å²) in [7, 11) is 0. The van der Waals surface area contributed by atoms with Gasteiger partial charge in [0.1, 0.15) is 0 Å². The Bertz CT molecular complexity index is 369. The second-order valence-corrected chi connectivity index (χ2v) is 6.33. The van der Waals surface area contributed by atoms with Crippen LogP contribution in [-0.4, -0.2) is 36.2 Å². The van der Waals surface area contributed by atoms with Crippen molar-refractivity contribution in [2.24, 2.45) is 0 Å². The predicted octanol–water partition coefficient (Wildman–Crippen LogP) is 4.22. The minimum absolute atomic E-state index is 0.686. The fourth-order valence-corrected chi connectivity index (χ4v) is 3.97. The first kappa shape index (κ1) is 14.2. The lowest BCUT2D eigenvalue weighted by Gasteiger charge is -2.24. The summed E-state index contributed by atoms with van der Waals surface area (Å²) in [5.74, 6) is 2.65. The van der Waals surface area contributed by atoms with Gasteiger partial charge in [0, 0.05) is 35.5 Å². The Morgan fingerprint density at radius 2 is 2.17 bits per heavy atom. The third-order valence-electron chi connectivity index (χ3n) is 3.51. The Morgan fingerprint density at radius 3 is 2.94 bits per heavy atom.